The Hall–Kier alpha value is -2.27. The van der Waals surface area contributed by atoms with Crippen LogP contribution in [0.25, 0.3) is 0 Å². The standard InChI is InChI=1S/C15H14ClFN2O2/c1-2-9-7-11(4-5-13(9)16)21-14-6-3-10(17)8-12(14)15(18)19-20/h3-8,20H,2H2,1H3,(H2,18,19). The average Bonchev–Trinajstić information content (AvgIpc) is 2.50. The number of ether oxygens (including phenoxy) is 1. The van der Waals surface area contributed by atoms with E-state index in [9.17, 15) is 4.39 Å². The highest BCUT2D eigenvalue weighted by Gasteiger charge is 2.11. The van der Waals surface area contributed by atoms with Crippen LogP contribution in [-0.2, 0) is 6.42 Å². The van der Waals surface area contributed by atoms with Crippen LogP contribution in [0.3, 0.4) is 0 Å². The van der Waals surface area contributed by atoms with Crippen molar-refractivity contribution in [1.29, 1.82) is 0 Å². The van der Waals surface area contributed by atoms with Crippen LogP contribution in [0, 0.1) is 5.82 Å². The van der Waals surface area contributed by atoms with Crippen LogP contribution >= 0.6 is 11.6 Å². The van der Waals surface area contributed by atoms with Crippen molar-refractivity contribution in [1.82, 2.24) is 0 Å². The summed E-state index contributed by atoms with van der Waals surface area (Å²) in [5, 5.41) is 12.3. The predicted molar refractivity (Wildman–Crippen MR) is 79.8 cm³/mol. The van der Waals surface area contributed by atoms with Crippen molar-refractivity contribution in [3.63, 3.8) is 0 Å². The molecule has 0 amide bonds. The summed E-state index contributed by atoms with van der Waals surface area (Å²) in [5.74, 6) is 0.0920. The molecule has 0 radical (unpaired) electrons. The van der Waals surface area contributed by atoms with E-state index >= 15 is 0 Å². The smallest absolute Gasteiger partial charge is 0.173 e. The summed E-state index contributed by atoms with van der Waals surface area (Å²) < 4.78 is 19.0. The van der Waals surface area contributed by atoms with Crippen molar-refractivity contribution >= 4 is 17.4 Å². The number of nitrogens with zero attached hydrogens (tertiary/aromatic N) is 1. The predicted octanol–water partition coefficient (Wildman–Crippen LogP) is 3.93. The second-order valence-electron chi connectivity index (χ2n) is 4.33. The van der Waals surface area contributed by atoms with Crippen molar-refractivity contribution in [3.8, 4) is 11.5 Å². The largest absolute Gasteiger partial charge is 0.457 e. The zero-order valence-corrected chi connectivity index (χ0v) is 12.1. The molecule has 110 valence electrons. The minimum absolute atomic E-state index is 0.172. The molecule has 2 aromatic carbocycles. The Morgan fingerprint density at radius 2 is 2.10 bits per heavy atom. The fraction of sp³-hybridized carbons (Fsp3) is 0.133. The lowest BCUT2D eigenvalue weighted by atomic mass is 10.1. The number of hydrogen-bond donors (Lipinski definition) is 2. The number of benzene rings is 2. The third kappa shape index (κ3) is 3.44. The number of hydrogen-bond acceptors (Lipinski definition) is 3. The van der Waals surface area contributed by atoms with Gasteiger partial charge in [-0.2, -0.15) is 0 Å². The van der Waals surface area contributed by atoms with Gasteiger partial charge < -0.3 is 15.7 Å². The summed E-state index contributed by atoms with van der Waals surface area (Å²) in [5.41, 5.74) is 6.63. The fourth-order valence-corrected chi connectivity index (χ4v) is 2.11. The lowest BCUT2D eigenvalue weighted by Crippen LogP contribution is -2.14. The molecule has 3 N–H and O–H groups in total. The van der Waals surface area contributed by atoms with E-state index in [-0.39, 0.29) is 17.1 Å². The van der Waals surface area contributed by atoms with Gasteiger partial charge in [0.1, 0.15) is 17.3 Å². The van der Waals surface area contributed by atoms with Gasteiger partial charge in [-0.1, -0.05) is 23.7 Å². The van der Waals surface area contributed by atoms with Gasteiger partial charge in [-0.25, -0.2) is 4.39 Å². The molecule has 0 saturated heterocycles. The Bertz CT molecular complexity index is 689. The van der Waals surface area contributed by atoms with Gasteiger partial charge in [0.15, 0.2) is 5.84 Å². The molecule has 0 atom stereocenters. The lowest BCUT2D eigenvalue weighted by Gasteiger charge is -2.12. The molecular formula is C15H14ClFN2O2. The lowest BCUT2D eigenvalue weighted by molar-refractivity contribution is 0.318. The van der Waals surface area contributed by atoms with Gasteiger partial charge in [0.2, 0.25) is 0 Å². The van der Waals surface area contributed by atoms with Gasteiger partial charge in [0.05, 0.1) is 5.56 Å². The zero-order chi connectivity index (χ0) is 15.4. The molecule has 2 aromatic rings. The number of halogens is 2. The van der Waals surface area contributed by atoms with Crippen molar-refractivity contribution in [2.75, 3.05) is 0 Å². The maximum atomic E-state index is 13.3. The molecule has 0 saturated carbocycles. The summed E-state index contributed by atoms with van der Waals surface area (Å²) in [6.45, 7) is 1.98. The summed E-state index contributed by atoms with van der Waals surface area (Å²) in [4.78, 5) is 0. The van der Waals surface area contributed by atoms with E-state index in [2.05, 4.69) is 5.16 Å². The molecule has 0 aliphatic rings. The summed E-state index contributed by atoms with van der Waals surface area (Å²) in [6.07, 6.45) is 0.756. The third-order valence-electron chi connectivity index (χ3n) is 2.95. The average molecular weight is 309 g/mol. The monoisotopic (exact) mass is 308 g/mol. The number of oxime groups is 1. The van der Waals surface area contributed by atoms with Gasteiger partial charge in [-0.05, 0) is 48.4 Å². The van der Waals surface area contributed by atoms with E-state index < -0.39 is 5.82 Å². The SMILES string of the molecule is CCc1cc(Oc2ccc(F)cc2C(N)=NO)ccc1Cl. The zero-order valence-electron chi connectivity index (χ0n) is 11.3. The van der Waals surface area contributed by atoms with Crippen LogP contribution in [0.15, 0.2) is 41.6 Å². The number of amidine groups is 1. The topological polar surface area (TPSA) is 67.8 Å². The molecule has 0 fully saturated rings. The molecule has 6 heteroatoms. The molecule has 0 aliphatic carbocycles. The molecule has 0 bridgehead atoms. The molecular weight excluding hydrogens is 295 g/mol. The molecule has 2 rings (SSSR count). The molecule has 0 unspecified atom stereocenters. The van der Waals surface area contributed by atoms with E-state index in [4.69, 9.17) is 27.3 Å². The van der Waals surface area contributed by atoms with Crippen LogP contribution in [0.4, 0.5) is 4.39 Å². The molecule has 4 nitrogen and oxygen atoms in total. The molecule has 0 heterocycles. The first kappa shape index (κ1) is 15.1. The summed E-state index contributed by atoms with van der Waals surface area (Å²) in [6, 6.07) is 9.01. The highest BCUT2D eigenvalue weighted by atomic mass is 35.5. The van der Waals surface area contributed by atoms with Gasteiger partial charge in [-0.15, -0.1) is 0 Å². The first-order chi connectivity index (χ1) is 10.0. The van der Waals surface area contributed by atoms with Gasteiger partial charge in [0, 0.05) is 5.02 Å². The highest BCUT2D eigenvalue weighted by molar-refractivity contribution is 6.31. The maximum Gasteiger partial charge on any atom is 0.173 e. The Kier molecular flexibility index (Phi) is 4.65. The van der Waals surface area contributed by atoms with Crippen molar-refractivity contribution in [3.05, 3.63) is 58.4 Å². The number of rotatable bonds is 4. The maximum absolute atomic E-state index is 13.3. The molecule has 0 aliphatic heterocycles. The van der Waals surface area contributed by atoms with Crippen molar-refractivity contribution in [2.45, 2.75) is 13.3 Å². The van der Waals surface area contributed by atoms with E-state index in [1.54, 1.807) is 18.2 Å². The van der Waals surface area contributed by atoms with Crippen LogP contribution in [0.5, 0.6) is 11.5 Å². The number of aryl methyl sites for hydroxylation is 1. The van der Waals surface area contributed by atoms with Crippen molar-refractivity contribution in [2.24, 2.45) is 10.9 Å². The van der Waals surface area contributed by atoms with E-state index in [0.717, 1.165) is 18.1 Å². The van der Waals surface area contributed by atoms with Crippen LogP contribution < -0.4 is 10.5 Å². The fourth-order valence-electron chi connectivity index (χ4n) is 1.86. The summed E-state index contributed by atoms with van der Waals surface area (Å²) in [7, 11) is 0. The van der Waals surface area contributed by atoms with Crippen molar-refractivity contribution < 1.29 is 14.3 Å². The third-order valence-corrected chi connectivity index (χ3v) is 3.32. The number of nitrogens with two attached hydrogens (primary N) is 1. The first-order valence-electron chi connectivity index (χ1n) is 6.29. The Labute approximate surface area is 126 Å². The molecule has 0 aromatic heterocycles. The Morgan fingerprint density at radius 1 is 1.33 bits per heavy atom. The normalized spacial score (nSPS) is 11.5. The van der Waals surface area contributed by atoms with Gasteiger partial charge in [0.25, 0.3) is 0 Å². The molecule has 21 heavy (non-hydrogen) atoms. The highest BCUT2D eigenvalue weighted by Crippen LogP contribution is 2.29. The van der Waals surface area contributed by atoms with Crippen LogP contribution in [0.2, 0.25) is 5.02 Å². The second-order valence-corrected chi connectivity index (χ2v) is 4.74. The van der Waals surface area contributed by atoms with E-state index in [1.807, 2.05) is 6.92 Å². The summed E-state index contributed by atoms with van der Waals surface area (Å²) >= 11 is 6.05. The van der Waals surface area contributed by atoms with E-state index in [1.165, 1.54) is 12.1 Å². The minimum Gasteiger partial charge on any atom is -0.457 e. The van der Waals surface area contributed by atoms with Gasteiger partial charge >= 0.3 is 0 Å². The Morgan fingerprint density at radius 3 is 2.76 bits per heavy atom. The van der Waals surface area contributed by atoms with Crippen LogP contribution in [-0.4, -0.2) is 11.0 Å². The van der Waals surface area contributed by atoms with E-state index in [0.29, 0.717) is 10.8 Å². The van der Waals surface area contributed by atoms with Gasteiger partial charge in [-0.3, -0.25) is 0 Å². The second kappa shape index (κ2) is 6.45. The Balaban J connectivity index is 2.40. The quantitative estimate of drug-likeness (QED) is 0.389. The first-order valence-corrected chi connectivity index (χ1v) is 6.66. The minimum atomic E-state index is -0.505. The molecule has 0 spiro atoms. The van der Waals surface area contributed by atoms with Crippen LogP contribution in [0.1, 0.15) is 18.1 Å².